The van der Waals surface area contributed by atoms with Gasteiger partial charge in [-0.3, -0.25) is 0 Å². The molecule has 0 aromatic heterocycles. The lowest BCUT2D eigenvalue weighted by Crippen LogP contribution is -2.34. The topological polar surface area (TPSA) is 60.7 Å². The highest BCUT2D eigenvalue weighted by atomic mass is 32.2. The van der Waals surface area contributed by atoms with Crippen molar-refractivity contribution in [1.82, 2.24) is 0 Å². The zero-order chi connectivity index (χ0) is 15.8. The molecule has 0 fully saturated rings. The highest BCUT2D eigenvalue weighted by Gasteiger charge is 2.27. The van der Waals surface area contributed by atoms with Crippen molar-refractivity contribution in [1.29, 1.82) is 0 Å². The molecule has 0 amide bonds. The van der Waals surface area contributed by atoms with Gasteiger partial charge >= 0.3 is 0 Å². The second-order valence-corrected chi connectivity index (χ2v) is 6.61. The van der Waals surface area contributed by atoms with Gasteiger partial charge in [0.2, 0.25) is 0 Å². The van der Waals surface area contributed by atoms with Crippen LogP contribution >= 0.6 is 11.8 Å². The van der Waals surface area contributed by atoms with Crippen LogP contribution in [-0.4, -0.2) is 35.1 Å². The Bertz CT molecular complexity index is 559. The first-order chi connectivity index (χ1) is 10.7. The smallest absolute Gasteiger partial charge is 0.0531 e. The fraction of sp³-hybridized carbons (Fsp3) is 0.333. The van der Waals surface area contributed by atoms with Crippen molar-refractivity contribution >= 4 is 11.8 Å². The Morgan fingerprint density at radius 2 is 1.36 bits per heavy atom. The Morgan fingerprint density at radius 1 is 0.773 bits per heavy atom. The number of aryl methyl sites for hydroxylation is 1. The van der Waals surface area contributed by atoms with Gasteiger partial charge in [-0.1, -0.05) is 48.2 Å². The van der Waals surface area contributed by atoms with Crippen molar-refractivity contribution in [3.05, 3.63) is 60.2 Å². The van der Waals surface area contributed by atoms with E-state index in [1.807, 2.05) is 30.3 Å². The van der Waals surface area contributed by atoms with Crippen molar-refractivity contribution in [2.75, 3.05) is 19.8 Å². The third-order valence-corrected chi connectivity index (χ3v) is 5.00. The molecule has 3 N–H and O–H groups in total. The third kappa shape index (κ3) is 4.34. The van der Waals surface area contributed by atoms with Crippen molar-refractivity contribution in [3.63, 3.8) is 0 Å². The summed E-state index contributed by atoms with van der Waals surface area (Å²) in [6.45, 7) is -0.643. The molecule has 0 bridgehead atoms. The van der Waals surface area contributed by atoms with E-state index in [9.17, 15) is 15.3 Å². The Balaban J connectivity index is 2.12. The molecule has 0 radical (unpaired) electrons. The summed E-state index contributed by atoms with van der Waals surface area (Å²) >= 11 is 1.70. The maximum atomic E-state index is 9.43. The van der Waals surface area contributed by atoms with Gasteiger partial charge < -0.3 is 15.3 Å². The average Bonchev–Trinajstić information content (AvgIpc) is 2.59. The largest absolute Gasteiger partial charge is 0.396 e. The predicted octanol–water partition coefficient (Wildman–Crippen LogP) is 2.73. The van der Waals surface area contributed by atoms with E-state index >= 15 is 0 Å². The van der Waals surface area contributed by atoms with Crippen LogP contribution in [-0.2, 0) is 6.42 Å². The summed E-state index contributed by atoms with van der Waals surface area (Å²) < 4.78 is 0. The van der Waals surface area contributed by atoms with E-state index in [-0.39, 0.29) is 19.8 Å². The molecule has 0 spiro atoms. The van der Waals surface area contributed by atoms with Gasteiger partial charge in [-0.05, 0) is 36.6 Å². The van der Waals surface area contributed by atoms with Crippen molar-refractivity contribution in [2.24, 2.45) is 5.41 Å². The fourth-order valence-corrected chi connectivity index (χ4v) is 3.21. The molecule has 0 aliphatic carbocycles. The Labute approximate surface area is 135 Å². The maximum Gasteiger partial charge on any atom is 0.0531 e. The molecule has 0 saturated carbocycles. The molecule has 0 heterocycles. The lowest BCUT2D eigenvalue weighted by molar-refractivity contribution is -0.000359. The minimum atomic E-state index is -0.815. The van der Waals surface area contributed by atoms with Crippen LogP contribution < -0.4 is 0 Å². The number of rotatable bonds is 8. The minimum Gasteiger partial charge on any atom is -0.396 e. The van der Waals surface area contributed by atoms with E-state index in [1.54, 1.807) is 11.8 Å². The number of hydrogen-bond acceptors (Lipinski definition) is 4. The van der Waals surface area contributed by atoms with Gasteiger partial charge in [-0.25, -0.2) is 0 Å². The van der Waals surface area contributed by atoms with Crippen LogP contribution in [0.4, 0.5) is 0 Å². The van der Waals surface area contributed by atoms with Gasteiger partial charge in [0.05, 0.1) is 19.8 Å². The predicted molar refractivity (Wildman–Crippen MR) is 89.0 cm³/mol. The second kappa shape index (κ2) is 8.34. The molecule has 22 heavy (non-hydrogen) atoms. The Hall–Kier alpha value is -1.33. The third-order valence-electron chi connectivity index (χ3n) is 3.87. The molecule has 0 unspecified atom stereocenters. The standard InChI is InChI=1S/C18H22O3S/c19-12-18(13-20,14-21)11-10-15-6-4-5-9-17(15)22-16-7-2-1-3-8-16/h1-9,19-21H,10-14H2. The molecule has 0 aliphatic heterocycles. The summed E-state index contributed by atoms with van der Waals surface area (Å²) in [5.41, 5.74) is 0.348. The van der Waals surface area contributed by atoms with Crippen LogP contribution in [0.25, 0.3) is 0 Å². The van der Waals surface area contributed by atoms with Crippen molar-refractivity contribution in [3.8, 4) is 0 Å². The SMILES string of the molecule is OCC(CO)(CO)CCc1ccccc1Sc1ccccc1. The molecule has 2 aromatic carbocycles. The molecular formula is C18H22O3S. The zero-order valence-electron chi connectivity index (χ0n) is 12.5. The maximum absolute atomic E-state index is 9.43. The first-order valence-corrected chi connectivity index (χ1v) is 8.18. The first kappa shape index (κ1) is 17.0. The lowest BCUT2D eigenvalue weighted by atomic mass is 9.84. The monoisotopic (exact) mass is 318 g/mol. The highest BCUT2D eigenvalue weighted by Crippen LogP contribution is 2.32. The quantitative estimate of drug-likeness (QED) is 0.700. The van der Waals surface area contributed by atoms with Gasteiger partial charge in [-0.15, -0.1) is 0 Å². The van der Waals surface area contributed by atoms with E-state index in [2.05, 4.69) is 24.3 Å². The number of aliphatic hydroxyl groups is 3. The summed E-state index contributed by atoms with van der Waals surface area (Å²) in [5, 5.41) is 28.3. The van der Waals surface area contributed by atoms with E-state index in [0.29, 0.717) is 12.8 Å². The molecule has 118 valence electrons. The van der Waals surface area contributed by atoms with Gasteiger partial charge in [0.1, 0.15) is 0 Å². The number of hydrogen-bond donors (Lipinski definition) is 3. The van der Waals surface area contributed by atoms with E-state index in [4.69, 9.17) is 0 Å². The van der Waals surface area contributed by atoms with Gasteiger partial charge in [-0.2, -0.15) is 0 Å². The second-order valence-electron chi connectivity index (χ2n) is 5.50. The molecule has 0 aliphatic rings. The molecule has 0 atom stereocenters. The summed E-state index contributed by atoms with van der Waals surface area (Å²) in [6, 6.07) is 18.3. The van der Waals surface area contributed by atoms with Crippen LogP contribution in [0.1, 0.15) is 12.0 Å². The van der Waals surface area contributed by atoms with Crippen LogP contribution in [0, 0.1) is 5.41 Å². The van der Waals surface area contributed by atoms with Crippen molar-refractivity contribution in [2.45, 2.75) is 22.6 Å². The van der Waals surface area contributed by atoms with Crippen LogP contribution in [0.3, 0.4) is 0 Å². The van der Waals surface area contributed by atoms with Gasteiger partial charge in [0.15, 0.2) is 0 Å². The van der Waals surface area contributed by atoms with Gasteiger partial charge in [0, 0.05) is 15.2 Å². The molecule has 0 saturated heterocycles. The number of aliphatic hydroxyl groups excluding tert-OH is 3. The van der Waals surface area contributed by atoms with Crippen molar-refractivity contribution < 1.29 is 15.3 Å². The molecule has 2 aromatic rings. The Morgan fingerprint density at radius 3 is 2.00 bits per heavy atom. The highest BCUT2D eigenvalue weighted by molar-refractivity contribution is 7.99. The molecule has 2 rings (SSSR count). The van der Waals surface area contributed by atoms with Crippen LogP contribution in [0.5, 0.6) is 0 Å². The van der Waals surface area contributed by atoms with E-state index < -0.39 is 5.41 Å². The Kier molecular flexibility index (Phi) is 6.46. The summed E-state index contributed by atoms with van der Waals surface area (Å²) in [4.78, 5) is 2.34. The first-order valence-electron chi connectivity index (χ1n) is 7.36. The molecule has 3 nitrogen and oxygen atoms in total. The van der Waals surface area contributed by atoms with Crippen LogP contribution in [0.15, 0.2) is 64.4 Å². The van der Waals surface area contributed by atoms with E-state index in [0.717, 1.165) is 10.5 Å². The van der Waals surface area contributed by atoms with E-state index in [1.165, 1.54) is 4.90 Å². The average molecular weight is 318 g/mol. The number of benzene rings is 2. The summed E-state index contributed by atoms with van der Waals surface area (Å²) in [6.07, 6.45) is 1.25. The van der Waals surface area contributed by atoms with Gasteiger partial charge in [0.25, 0.3) is 0 Å². The zero-order valence-corrected chi connectivity index (χ0v) is 13.3. The molecular weight excluding hydrogens is 296 g/mol. The lowest BCUT2D eigenvalue weighted by Gasteiger charge is -2.27. The van der Waals surface area contributed by atoms with Crippen LogP contribution in [0.2, 0.25) is 0 Å². The summed E-state index contributed by atoms with van der Waals surface area (Å²) in [7, 11) is 0. The molecule has 4 heteroatoms. The fourth-order valence-electron chi connectivity index (χ4n) is 2.21. The normalized spacial score (nSPS) is 11.6. The summed E-state index contributed by atoms with van der Waals surface area (Å²) in [5.74, 6) is 0. The minimum absolute atomic E-state index is 0.214.